The van der Waals surface area contributed by atoms with Gasteiger partial charge in [0.25, 0.3) is 0 Å². The predicted molar refractivity (Wildman–Crippen MR) is 363 cm³/mol. The van der Waals surface area contributed by atoms with Crippen LogP contribution in [0.1, 0.15) is 357 Å². The van der Waals surface area contributed by atoms with Crippen LogP contribution in [0.4, 0.5) is 0 Å². The summed E-state index contributed by atoms with van der Waals surface area (Å²) in [5, 5.41) is 10.6. The molecule has 0 rings (SSSR count). The maximum Gasteiger partial charge on any atom is 0.472 e. The minimum Gasteiger partial charge on any atom is -0.462 e. The number of aliphatic hydroxyl groups is 1. The van der Waals surface area contributed by atoms with Gasteiger partial charge in [0.2, 0.25) is 0 Å². The first-order valence-corrected chi connectivity index (χ1v) is 39.9. The predicted octanol–water partition coefficient (Wildman–Crippen LogP) is 20.2. The van der Waals surface area contributed by atoms with E-state index in [0.29, 0.717) is 25.7 Å². The Balaban J connectivity index is 5.21. The molecule has 0 heterocycles. The average Bonchev–Trinajstić information content (AvgIpc) is 3.72. The Labute approximate surface area is 549 Å². The molecular weight excluding hydrogens is 1190 g/mol. The van der Waals surface area contributed by atoms with Crippen LogP contribution < -0.4 is 0 Å². The van der Waals surface area contributed by atoms with Crippen molar-refractivity contribution in [1.82, 2.24) is 0 Å². The Bertz CT molecular complexity index is 1770. The van der Waals surface area contributed by atoms with E-state index in [9.17, 15) is 43.2 Å². The number of ether oxygens (including phenoxy) is 4. The van der Waals surface area contributed by atoms with E-state index in [4.69, 9.17) is 37.0 Å². The fourth-order valence-corrected chi connectivity index (χ4v) is 12.3. The van der Waals surface area contributed by atoms with Gasteiger partial charge in [-0.3, -0.25) is 37.3 Å². The third-order valence-electron chi connectivity index (χ3n) is 16.7. The molecule has 0 spiro atoms. The van der Waals surface area contributed by atoms with Crippen molar-refractivity contribution in [2.45, 2.75) is 375 Å². The summed E-state index contributed by atoms with van der Waals surface area (Å²) in [4.78, 5) is 72.5. The molecule has 0 aliphatic rings. The monoisotopic (exact) mass is 1320 g/mol. The lowest BCUT2D eigenvalue weighted by Crippen LogP contribution is -2.30. The summed E-state index contributed by atoms with van der Waals surface area (Å²) < 4.78 is 68.3. The first-order chi connectivity index (χ1) is 43.3. The molecule has 534 valence electrons. The number of carbonyl (C=O) groups excluding carboxylic acids is 4. The number of hydrogen-bond acceptors (Lipinski definition) is 15. The fraction of sp³-hybridized carbons (Fsp3) is 0.944. The van der Waals surface area contributed by atoms with Crippen LogP contribution in [0.3, 0.4) is 0 Å². The second kappa shape index (κ2) is 61.9. The zero-order chi connectivity index (χ0) is 66.6. The van der Waals surface area contributed by atoms with E-state index in [2.05, 4.69) is 48.5 Å². The highest BCUT2D eigenvalue weighted by molar-refractivity contribution is 7.47. The van der Waals surface area contributed by atoms with Crippen molar-refractivity contribution >= 4 is 39.5 Å². The van der Waals surface area contributed by atoms with Gasteiger partial charge in [-0.2, -0.15) is 0 Å². The van der Waals surface area contributed by atoms with E-state index in [1.54, 1.807) is 0 Å². The van der Waals surface area contributed by atoms with E-state index in [0.717, 1.165) is 114 Å². The maximum atomic E-state index is 13.0. The summed E-state index contributed by atoms with van der Waals surface area (Å²) in [5.41, 5.74) is 0. The van der Waals surface area contributed by atoms with Crippen LogP contribution in [-0.2, 0) is 65.4 Å². The molecule has 0 fully saturated rings. The van der Waals surface area contributed by atoms with Gasteiger partial charge in [-0.05, 0) is 43.4 Å². The minimum absolute atomic E-state index is 0.105. The smallest absolute Gasteiger partial charge is 0.462 e. The fourth-order valence-electron chi connectivity index (χ4n) is 10.7. The zero-order valence-electron chi connectivity index (χ0n) is 58.6. The van der Waals surface area contributed by atoms with Crippen molar-refractivity contribution in [3.8, 4) is 0 Å². The van der Waals surface area contributed by atoms with Crippen molar-refractivity contribution in [2.24, 2.45) is 17.8 Å². The number of hydrogen-bond donors (Lipinski definition) is 3. The van der Waals surface area contributed by atoms with Gasteiger partial charge in [-0.25, -0.2) is 9.13 Å². The van der Waals surface area contributed by atoms with Gasteiger partial charge in [-0.1, -0.05) is 305 Å². The van der Waals surface area contributed by atoms with Crippen LogP contribution in [0.25, 0.3) is 0 Å². The molecule has 90 heavy (non-hydrogen) atoms. The number of phosphoric acid groups is 2. The number of unbranched alkanes of at least 4 members (excludes halogenated alkanes) is 36. The molecule has 0 aliphatic carbocycles. The van der Waals surface area contributed by atoms with Gasteiger partial charge in [0.1, 0.15) is 19.3 Å². The van der Waals surface area contributed by atoms with Gasteiger partial charge in [0.05, 0.1) is 26.4 Å². The third-order valence-corrected chi connectivity index (χ3v) is 18.6. The number of rotatable bonds is 69. The third kappa shape index (κ3) is 63.5. The molecule has 0 saturated heterocycles. The molecule has 0 aliphatic heterocycles. The van der Waals surface area contributed by atoms with Gasteiger partial charge in [0.15, 0.2) is 12.2 Å². The van der Waals surface area contributed by atoms with E-state index in [1.807, 2.05) is 0 Å². The molecule has 0 saturated carbocycles. The van der Waals surface area contributed by atoms with E-state index < -0.39 is 97.5 Å². The summed E-state index contributed by atoms with van der Waals surface area (Å²) in [6.07, 6.45) is 45.8. The highest BCUT2D eigenvalue weighted by atomic mass is 31.2. The van der Waals surface area contributed by atoms with Crippen molar-refractivity contribution in [3.05, 3.63) is 0 Å². The first kappa shape index (κ1) is 88.1. The van der Waals surface area contributed by atoms with Crippen LogP contribution >= 0.6 is 15.6 Å². The Morgan fingerprint density at radius 1 is 0.322 bits per heavy atom. The quantitative estimate of drug-likeness (QED) is 0.0222. The molecule has 6 atom stereocenters. The number of phosphoric ester groups is 2. The Hall–Kier alpha value is -1.94. The van der Waals surface area contributed by atoms with Gasteiger partial charge >= 0.3 is 39.5 Å². The summed E-state index contributed by atoms with van der Waals surface area (Å²) >= 11 is 0. The van der Waals surface area contributed by atoms with Crippen LogP contribution in [0, 0.1) is 17.8 Å². The Morgan fingerprint density at radius 3 is 0.844 bits per heavy atom. The SMILES string of the molecule is CCCCCCCCCCC(=O)OC[C@H](COP(=O)(O)OC[C@H](O)COP(=O)(O)OC[C@@H](COC(=O)CCCCCCCCCCCC(C)C)OC(=O)CCCCCCCCCCCCCCCCCC(C)C)OC(=O)CCCCCCCCCCC(C)CC. The Kier molecular flexibility index (Phi) is 60.6. The van der Waals surface area contributed by atoms with Crippen LogP contribution in [0.5, 0.6) is 0 Å². The van der Waals surface area contributed by atoms with Crippen molar-refractivity contribution < 1.29 is 80.2 Å². The van der Waals surface area contributed by atoms with Crippen molar-refractivity contribution in [2.75, 3.05) is 39.6 Å². The normalized spacial score (nSPS) is 14.5. The summed E-state index contributed by atoms with van der Waals surface area (Å²) in [6, 6.07) is 0. The molecule has 0 aromatic heterocycles. The lowest BCUT2D eigenvalue weighted by molar-refractivity contribution is -0.161. The molecule has 0 bridgehead atoms. The topological polar surface area (TPSA) is 237 Å². The molecule has 3 unspecified atom stereocenters. The standard InChI is InChI=1S/C71H138O17P2/c1-8-10-11-12-13-31-38-45-52-68(73)81-58-66(88-71(76)55-48-41-34-27-26-30-37-44-51-64(7)9-2)60-85-89(77,78)83-56-65(72)57-84-90(79,80)86-61-67(59-82-69(74)53-46-39-32-25-21-23-29-36-43-50-63(5)6)87-70(75)54-47-40-33-24-20-18-16-14-15-17-19-22-28-35-42-49-62(3)4/h62-67,72H,8-61H2,1-7H3,(H,77,78)(H,79,80)/t64?,65-,66+,67+/m0/s1. The van der Waals surface area contributed by atoms with E-state index in [1.165, 1.54) is 161 Å². The average molecular weight is 1330 g/mol. The van der Waals surface area contributed by atoms with Crippen molar-refractivity contribution in [1.29, 1.82) is 0 Å². The lowest BCUT2D eigenvalue weighted by Gasteiger charge is -2.21. The van der Waals surface area contributed by atoms with E-state index >= 15 is 0 Å². The van der Waals surface area contributed by atoms with E-state index in [-0.39, 0.29) is 25.7 Å². The second-order valence-corrected chi connectivity index (χ2v) is 29.7. The second-order valence-electron chi connectivity index (χ2n) is 26.8. The molecular formula is C71H138O17P2. The molecule has 0 aromatic carbocycles. The van der Waals surface area contributed by atoms with Crippen LogP contribution in [0.2, 0.25) is 0 Å². The van der Waals surface area contributed by atoms with Crippen LogP contribution in [-0.4, -0.2) is 96.7 Å². The highest BCUT2D eigenvalue weighted by Gasteiger charge is 2.30. The highest BCUT2D eigenvalue weighted by Crippen LogP contribution is 2.45. The summed E-state index contributed by atoms with van der Waals surface area (Å²) in [7, 11) is -9.90. The molecule has 0 amide bonds. The first-order valence-electron chi connectivity index (χ1n) is 36.9. The maximum absolute atomic E-state index is 13.0. The minimum atomic E-state index is -4.95. The van der Waals surface area contributed by atoms with Crippen LogP contribution in [0.15, 0.2) is 0 Å². The number of carbonyl (C=O) groups is 4. The van der Waals surface area contributed by atoms with Crippen molar-refractivity contribution in [3.63, 3.8) is 0 Å². The zero-order valence-corrected chi connectivity index (χ0v) is 60.4. The molecule has 19 heteroatoms. The van der Waals surface area contributed by atoms with Gasteiger partial charge < -0.3 is 33.8 Å². The van der Waals surface area contributed by atoms with Gasteiger partial charge in [0, 0.05) is 25.7 Å². The molecule has 3 N–H and O–H groups in total. The Morgan fingerprint density at radius 2 is 0.567 bits per heavy atom. The molecule has 0 radical (unpaired) electrons. The lowest BCUT2D eigenvalue weighted by atomic mass is 9.99. The van der Waals surface area contributed by atoms with Gasteiger partial charge in [-0.15, -0.1) is 0 Å². The molecule has 0 aromatic rings. The number of esters is 4. The summed E-state index contributed by atoms with van der Waals surface area (Å²) in [6.45, 7) is 11.8. The molecule has 17 nitrogen and oxygen atoms in total. The largest absolute Gasteiger partial charge is 0.472 e. The number of aliphatic hydroxyl groups excluding tert-OH is 1. The summed E-state index contributed by atoms with van der Waals surface area (Å²) in [5.74, 6) is 0.188.